The summed E-state index contributed by atoms with van der Waals surface area (Å²) in [5.74, 6) is 1.06. The van der Waals surface area contributed by atoms with Gasteiger partial charge in [-0.05, 0) is 37.8 Å². The maximum atomic E-state index is 4.87. The van der Waals surface area contributed by atoms with E-state index in [-0.39, 0.29) is 0 Å². The number of benzene rings is 1. The topological polar surface area (TPSA) is 35.2 Å². The largest absolute Gasteiger partial charge is 0.341 e. The summed E-state index contributed by atoms with van der Waals surface area (Å²) >= 11 is 0. The molecule has 0 amide bonds. The SMILES string of the molecule is Cc1cccc2[nH]c(N3CCCN(C4CCCCC4)CC3)nc12. The Hall–Kier alpha value is -1.55. The van der Waals surface area contributed by atoms with Crippen molar-refractivity contribution >= 4 is 17.0 Å². The van der Waals surface area contributed by atoms with Crippen molar-refractivity contribution in [2.75, 3.05) is 31.1 Å². The molecule has 2 aliphatic rings. The standard InChI is InChI=1S/C19H28N4/c1-15-7-5-10-17-18(15)21-19(20-17)23-12-6-11-22(13-14-23)16-8-3-2-4-9-16/h5,7,10,16H,2-4,6,8-9,11-14H2,1H3,(H,20,21). The first-order chi connectivity index (χ1) is 11.3. The molecule has 0 unspecified atom stereocenters. The van der Waals surface area contributed by atoms with Gasteiger partial charge >= 0.3 is 0 Å². The molecule has 2 aromatic rings. The van der Waals surface area contributed by atoms with Crippen LogP contribution in [0.1, 0.15) is 44.1 Å². The fourth-order valence-electron chi connectivity index (χ4n) is 4.27. The lowest BCUT2D eigenvalue weighted by Crippen LogP contribution is -2.39. The number of rotatable bonds is 2. The number of imidazole rings is 1. The molecule has 0 radical (unpaired) electrons. The molecule has 1 aromatic carbocycles. The molecule has 1 saturated carbocycles. The third-order valence-corrected chi connectivity index (χ3v) is 5.62. The second-order valence-corrected chi connectivity index (χ2v) is 7.20. The summed E-state index contributed by atoms with van der Waals surface area (Å²) in [6.07, 6.45) is 8.34. The van der Waals surface area contributed by atoms with E-state index in [1.165, 1.54) is 57.2 Å². The number of aromatic amines is 1. The molecule has 23 heavy (non-hydrogen) atoms. The van der Waals surface area contributed by atoms with Crippen molar-refractivity contribution in [3.63, 3.8) is 0 Å². The molecule has 2 fully saturated rings. The monoisotopic (exact) mass is 312 g/mol. The lowest BCUT2D eigenvalue weighted by molar-refractivity contribution is 0.166. The number of fused-ring (bicyclic) bond motifs is 1. The molecule has 1 aromatic heterocycles. The van der Waals surface area contributed by atoms with Crippen LogP contribution in [0.5, 0.6) is 0 Å². The summed E-state index contributed by atoms with van der Waals surface area (Å²) in [6.45, 7) is 6.78. The van der Waals surface area contributed by atoms with Crippen molar-refractivity contribution in [2.45, 2.75) is 51.5 Å². The van der Waals surface area contributed by atoms with Gasteiger partial charge in [-0.15, -0.1) is 0 Å². The predicted molar refractivity (Wildman–Crippen MR) is 96.1 cm³/mol. The summed E-state index contributed by atoms with van der Waals surface area (Å²) in [4.78, 5) is 13.6. The minimum Gasteiger partial charge on any atom is -0.341 e. The predicted octanol–water partition coefficient (Wildman–Crippen LogP) is 3.72. The van der Waals surface area contributed by atoms with E-state index in [0.717, 1.165) is 36.1 Å². The number of H-pyrrole nitrogens is 1. The number of para-hydroxylation sites is 1. The molecule has 4 nitrogen and oxygen atoms in total. The fourth-order valence-corrected chi connectivity index (χ4v) is 4.27. The second kappa shape index (κ2) is 6.52. The van der Waals surface area contributed by atoms with Crippen molar-refractivity contribution in [2.24, 2.45) is 0 Å². The maximum Gasteiger partial charge on any atom is 0.203 e. The van der Waals surface area contributed by atoms with Gasteiger partial charge in [0.1, 0.15) is 0 Å². The van der Waals surface area contributed by atoms with Crippen LogP contribution in [0, 0.1) is 6.92 Å². The molecule has 4 heteroatoms. The van der Waals surface area contributed by atoms with Gasteiger partial charge in [-0.25, -0.2) is 4.98 Å². The second-order valence-electron chi connectivity index (χ2n) is 7.20. The van der Waals surface area contributed by atoms with E-state index in [0.29, 0.717) is 0 Å². The van der Waals surface area contributed by atoms with E-state index < -0.39 is 0 Å². The van der Waals surface area contributed by atoms with Crippen LogP contribution < -0.4 is 4.90 Å². The highest BCUT2D eigenvalue weighted by Gasteiger charge is 2.24. The van der Waals surface area contributed by atoms with Crippen molar-refractivity contribution in [1.82, 2.24) is 14.9 Å². The molecular weight excluding hydrogens is 284 g/mol. The van der Waals surface area contributed by atoms with Crippen LogP contribution in [0.3, 0.4) is 0 Å². The number of nitrogens with zero attached hydrogens (tertiary/aromatic N) is 3. The van der Waals surface area contributed by atoms with Crippen LogP contribution in [-0.2, 0) is 0 Å². The Morgan fingerprint density at radius 2 is 1.87 bits per heavy atom. The first kappa shape index (κ1) is 15.0. The van der Waals surface area contributed by atoms with Gasteiger partial charge in [-0.2, -0.15) is 0 Å². The summed E-state index contributed by atoms with van der Waals surface area (Å²) in [6, 6.07) is 7.21. The zero-order valence-electron chi connectivity index (χ0n) is 14.2. The Labute approximate surface area is 138 Å². The Kier molecular flexibility index (Phi) is 4.25. The fraction of sp³-hybridized carbons (Fsp3) is 0.632. The van der Waals surface area contributed by atoms with Crippen molar-refractivity contribution < 1.29 is 0 Å². The van der Waals surface area contributed by atoms with Gasteiger partial charge < -0.3 is 9.88 Å². The number of nitrogens with one attached hydrogen (secondary N) is 1. The van der Waals surface area contributed by atoms with Gasteiger partial charge in [0.25, 0.3) is 0 Å². The lowest BCUT2D eigenvalue weighted by atomic mass is 9.94. The van der Waals surface area contributed by atoms with E-state index >= 15 is 0 Å². The summed E-state index contributed by atoms with van der Waals surface area (Å²) < 4.78 is 0. The van der Waals surface area contributed by atoms with Gasteiger partial charge in [0.05, 0.1) is 11.0 Å². The molecule has 1 N–H and O–H groups in total. The van der Waals surface area contributed by atoms with Crippen molar-refractivity contribution in [3.8, 4) is 0 Å². The van der Waals surface area contributed by atoms with Gasteiger partial charge in [-0.3, -0.25) is 4.90 Å². The zero-order valence-corrected chi connectivity index (χ0v) is 14.2. The molecule has 0 atom stereocenters. The van der Waals surface area contributed by atoms with E-state index in [4.69, 9.17) is 4.98 Å². The zero-order chi connectivity index (χ0) is 15.6. The van der Waals surface area contributed by atoms with Crippen molar-refractivity contribution in [3.05, 3.63) is 23.8 Å². The quantitative estimate of drug-likeness (QED) is 0.918. The van der Waals surface area contributed by atoms with Gasteiger partial charge in [0.2, 0.25) is 5.95 Å². The van der Waals surface area contributed by atoms with Crippen LogP contribution >= 0.6 is 0 Å². The average Bonchev–Trinajstić information content (AvgIpc) is 2.87. The first-order valence-corrected chi connectivity index (χ1v) is 9.25. The van der Waals surface area contributed by atoms with E-state index in [1.54, 1.807) is 0 Å². The molecule has 2 heterocycles. The highest BCUT2D eigenvalue weighted by molar-refractivity contribution is 5.80. The third-order valence-electron chi connectivity index (χ3n) is 5.62. The number of hydrogen-bond donors (Lipinski definition) is 1. The third kappa shape index (κ3) is 3.09. The van der Waals surface area contributed by atoms with Gasteiger partial charge in [-0.1, -0.05) is 31.4 Å². The van der Waals surface area contributed by atoms with Crippen LogP contribution in [0.15, 0.2) is 18.2 Å². The summed E-state index contributed by atoms with van der Waals surface area (Å²) in [5, 5.41) is 0. The first-order valence-electron chi connectivity index (χ1n) is 9.25. The summed E-state index contributed by atoms with van der Waals surface area (Å²) in [5.41, 5.74) is 3.54. The maximum absolute atomic E-state index is 4.87. The number of hydrogen-bond acceptors (Lipinski definition) is 3. The Bertz CT molecular complexity index is 656. The van der Waals surface area contributed by atoms with E-state index in [2.05, 4.69) is 39.9 Å². The molecule has 124 valence electrons. The highest BCUT2D eigenvalue weighted by atomic mass is 15.3. The normalized spacial score (nSPS) is 21.7. The van der Waals surface area contributed by atoms with E-state index in [9.17, 15) is 0 Å². The molecule has 4 rings (SSSR count). The lowest BCUT2D eigenvalue weighted by Gasteiger charge is -2.33. The Morgan fingerprint density at radius 3 is 2.70 bits per heavy atom. The van der Waals surface area contributed by atoms with Crippen molar-refractivity contribution in [1.29, 1.82) is 0 Å². The Balaban J connectivity index is 1.48. The van der Waals surface area contributed by atoms with Crippen LogP contribution in [0.25, 0.3) is 11.0 Å². The molecular formula is C19H28N4. The minimum atomic E-state index is 0.835. The Morgan fingerprint density at radius 1 is 1.00 bits per heavy atom. The molecule has 1 aliphatic heterocycles. The van der Waals surface area contributed by atoms with Gasteiger partial charge in [0, 0.05) is 32.2 Å². The van der Waals surface area contributed by atoms with Gasteiger partial charge in [0.15, 0.2) is 0 Å². The van der Waals surface area contributed by atoms with E-state index in [1.807, 2.05) is 0 Å². The van der Waals surface area contributed by atoms with Crippen LogP contribution in [-0.4, -0.2) is 47.1 Å². The highest BCUT2D eigenvalue weighted by Crippen LogP contribution is 2.25. The van der Waals surface area contributed by atoms with Crippen LogP contribution in [0.2, 0.25) is 0 Å². The average molecular weight is 312 g/mol. The minimum absolute atomic E-state index is 0.835. The smallest absolute Gasteiger partial charge is 0.203 e. The summed E-state index contributed by atoms with van der Waals surface area (Å²) in [7, 11) is 0. The number of aromatic nitrogens is 2. The van der Waals surface area contributed by atoms with Crippen LogP contribution in [0.4, 0.5) is 5.95 Å². The molecule has 0 bridgehead atoms. The number of anilines is 1. The molecule has 0 spiro atoms. The molecule has 1 aliphatic carbocycles. The number of aryl methyl sites for hydroxylation is 1. The molecule has 1 saturated heterocycles.